The van der Waals surface area contributed by atoms with Crippen molar-refractivity contribution >= 4 is 0 Å². The number of aliphatic hydroxyl groups excluding tert-OH is 1. The molecule has 0 aromatic rings. The molecule has 0 bridgehead atoms. The van der Waals surface area contributed by atoms with Crippen molar-refractivity contribution in [3.63, 3.8) is 0 Å². The number of rotatable bonds is 3. The molecule has 0 spiro atoms. The van der Waals surface area contributed by atoms with Crippen molar-refractivity contribution in [2.45, 2.75) is 98.5 Å². The average Bonchev–Trinajstić information content (AvgIpc) is 3.05. The highest BCUT2D eigenvalue weighted by atomic mass is 16.3. The lowest BCUT2D eigenvalue weighted by atomic mass is 9.47. The van der Waals surface area contributed by atoms with Crippen molar-refractivity contribution in [2.75, 3.05) is 0 Å². The highest BCUT2D eigenvalue weighted by molar-refractivity contribution is 5.37. The van der Waals surface area contributed by atoms with Gasteiger partial charge < -0.3 is 5.11 Å². The predicted octanol–water partition coefficient (Wildman–Crippen LogP) is 6.92. The minimum absolute atomic E-state index is 0.0793. The zero-order valence-corrected chi connectivity index (χ0v) is 18.9. The Balaban J connectivity index is 1.35. The Hall–Kier alpha value is -0.560. The molecule has 1 nitrogen and oxygen atoms in total. The molecule has 0 unspecified atom stereocenters. The van der Waals surface area contributed by atoms with Gasteiger partial charge in [0.25, 0.3) is 0 Å². The third kappa shape index (κ3) is 2.67. The molecule has 5 aliphatic rings. The second-order valence-corrected chi connectivity index (χ2v) is 12.0. The van der Waals surface area contributed by atoms with E-state index in [1.807, 2.05) is 0 Å². The molecule has 0 amide bonds. The van der Waals surface area contributed by atoms with Crippen LogP contribution < -0.4 is 0 Å². The van der Waals surface area contributed by atoms with Gasteiger partial charge in [0.15, 0.2) is 0 Å². The van der Waals surface area contributed by atoms with E-state index in [2.05, 4.69) is 40.7 Å². The average molecular weight is 383 g/mol. The predicted molar refractivity (Wildman–Crippen MR) is 117 cm³/mol. The van der Waals surface area contributed by atoms with E-state index >= 15 is 0 Å². The van der Waals surface area contributed by atoms with E-state index in [0.717, 1.165) is 48.3 Å². The normalized spacial score (nSPS) is 49.2. The number of fused-ring (bicyclic) bond motifs is 5. The Morgan fingerprint density at radius 1 is 1.04 bits per heavy atom. The quantitative estimate of drug-likeness (QED) is 0.525. The highest BCUT2D eigenvalue weighted by Crippen LogP contribution is 2.67. The van der Waals surface area contributed by atoms with Gasteiger partial charge >= 0.3 is 0 Å². The number of allylic oxidation sites excluding steroid dienone is 3. The van der Waals surface area contributed by atoms with Crippen LogP contribution in [0.3, 0.4) is 0 Å². The van der Waals surface area contributed by atoms with Crippen LogP contribution in [0.4, 0.5) is 0 Å². The Morgan fingerprint density at radius 3 is 2.50 bits per heavy atom. The van der Waals surface area contributed by atoms with Crippen LogP contribution in [0.1, 0.15) is 92.4 Å². The van der Waals surface area contributed by atoms with E-state index in [1.54, 1.807) is 16.7 Å². The minimum atomic E-state index is -0.0793. The van der Waals surface area contributed by atoms with Crippen LogP contribution in [-0.4, -0.2) is 11.2 Å². The lowest BCUT2D eigenvalue weighted by molar-refractivity contribution is -0.0573. The molecule has 0 aromatic carbocycles. The summed E-state index contributed by atoms with van der Waals surface area (Å²) in [4.78, 5) is 0. The monoisotopic (exact) mass is 382 g/mol. The van der Waals surface area contributed by atoms with Gasteiger partial charge in [-0.3, -0.25) is 0 Å². The third-order valence-electron chi connectivity index (χ3n) is 11.0. The molecule has 1 heteroatoms. The van der Waals surface area contributed by atoms with Crippen LogP contribution in [0, 0.1) is 46.3 Å². The molecule has 8 atom stereocenters. The number of hydrogen-bond donors (Lipinski definition) is 1. The molecule has 1 N–H and O–H groups in total. The fourth-order valence-electron chi connectivity index (χ4n) is 9.06. The zero-order valence-electron chi connectivity index (χ0n) is 18.9. The van der Waals surface area contributed by atoms with Gasteiger partial charge in [-0.15, -0.1) is 0 Å². The summed E-state index contributed by atoms with van der Waals surface area (Å²) in [5, 5.41) is 10.2. The molecular weight excluding hydrogens is 340 g/mol. The molecule has 5 rings (SSSR count). The first-order valence-corrected chi connectivity index (χ1v) is 12.3. The van der Waals surface area contributed by atoms with Crippen LogP contribution in [0.15, 0.2) is 22.8 Å². The van der Waals surface area contributed by atoms with Gasteiger partial charge in [0.1, 0.15) is 0 Å². The Bertz CT molecular complexity index is 704. The maximum absolute atomic E-state index is 10.2. The zero-order chi connectivity index (χ0) is 19.8. The molecule has 156 valence electrons. The van der Waals surface area contributed by atoms with Crippen LogP contribution in [0.25, 0.3) is 0 Å². The van der Waals surface area contributed by atoms with Gasteiger partial charge in [-0.2, -0.15) is 0 Å². The summed E-state index contributed by atoms with van der Waals surface area (Å²) in [6.07, 6.45) is 14.3. The molecule has 0 radical (unpaired) electrons. The minimum Gasteiger partial charge on any atom is -0.393 e. The van der Waals surface area contributed by atoms with Crippen LogP contribution in [0.2, 0.25) is 0 Å². The summed E-state index contributed by atoms with van der Waals surface area (Å²) in [6, 6.07) is 0. The summed E-state index contributed by atoms with van der Waals surface area (Å²) in [5.41, 5.74) is 5.96. The largest absolute Gasteiger partial charge is 0.393 e. The van der Waals surface area contributed by atoms with Gasteiger partial charge in [-0.1, -0.05) is 43.6 Å². The number of aliphatic hydroxyl groups is 1. The summed E-state index contributed by atoms with van der Waals surface area (Å²) in [5.74, 6) is 5.38. The molecular formula is C27H42O. The van der Waals surface area contributed by atoms with Gasteiger partial charge in [0, 0.05) is 5.92 Å². The molecule has 28 heavy (non-hydrogen) atoms. The van der Waals surface area contributed by atoms with Crippen molar-refractivity contribution in [2.24, 2.45) is 46.3 Å². The first-order chi connectivity index (χ1) is 13.3. The summed E-state index contributed by atoms with van der Waals surface area (Å²) < 4.78 is 0. The van der Waals surface area contributed by atoms with E-state index in [1.165, 1.54) is 44.9 Å². The Kier molecular flexibility index (Phi) is 4.48. The van der Waals surface area contributed by atoms with Crippen molar-refractivity contribution in [3.8, 4) is 0 Å². The smallest absolute Gasteiger partial charge is 0.0577 e. The Morgan fingerprint density at radius 2 is 1.79 bits per heavy atom. The summed E-state index contributed by atoms with van der Waals surface area (Å²) in [6.45, 7) is 12.5. The molecule has 0 aromatic heterocycles. The molecule has 0 saturated heterocycles. The Labute approximate surface area is 173 Å². The first kappa shape index (κ1) is 19.4. The lowest BCUT2D eigenvalue weighted by Crippen LogP contribution is -2.50. The van der Waals surface area contributed by atoms with E-state index < -0.39 is 0 Å². The third-order valence-corrected chi connectivity index (χ3v) is 11.0. The van der Waals surface area contributed by atoms with Crippen molar-refractivity contribution in [1.82, 2.24) is 0 Å². The van der Waals surface area contributed by atoms with E-state index in [4.69, 9.17) is 0 Å². The fraction of sp³-hybridized carbons (Fsp3) is 0.852. The van der Waals surface area contributed by atoms with Crippen LogP contribution in [0.5, 0.6) is 0 Å². The molecule has 5 aliphatic carbocycles. The molecule has 0 heterocycles. The van der Waals surface area contributed by atoms with Gasteiger partial charge in [-0.25, -0.2) is 0 Å². The van der Waals surface area contributed by atoms with E-state index in [-0.39, 0.29) is 6.10 Å². The topological polar surface area (TPSA) is 20.2 Å². The van der Waals surface area contributed by atoms with Crippen molar-refractivity contribution in [3.05, 3.63) is 22.8 Å². The number of hydrogen-bond acceptors (Lipinski definition) is 1. The van der Waals surface area contributed by atoms with Crippen molar-refractivity contribution in [1.29, 1.82) is 0 Å². The van der Waals surface area contributed by atoms with Gasteiger partial charge in [0.05, 0.1) is 6.10 Å². The van der Waals surface area contributed by atoms with Crippen LogP contribution >= 0.6 is 0 Å². The maximum atomic E-state index is 10.2. The SMILES string of the molecule is CC1=C(C)C1C[C@@H](C)[C@H]1CC[C@H]2[C@@H]3CC=C4C[C@@H](O)CC[C@]4(C)[C@H]3CC[C@]12C. The van der Waals surface area contributed by atoms with Crippen molar-refractivity contribution < 1.29 is 5.11 Å². The standard InChI is InChI=1S/C27H42O/c1-16(14-22-17(2)18(22)3)23-8-9-24-21-7-6-19-15-20(28)10-12-26(19,4)25(21)11-13-27(23,24)5/h6,16,20-25,28H,7-15H2,1-5H3/t16-,20+,21+,23-,24+,25+,26+,27-/m1/s1. The second kappa shape index (κ2) is 6.47. The highest BCUT2D eigenvalue weighted by Gasteiger charge is 2.59. The maximum Gasteiger partial charge on any atom is 0.0577 e. The van der Waals surface area contributed by atoms with Gasteiger partial charge in [0.2, 0.25) is 0 Å². The molecule has 3 saturated carbocycles. The summed E-state index contributed by atoms with van der Waals surface area (Å²) >= 11 is 0. The fourth-order valence-corrected chi connectivity index (χ4v) is 9.06. The van der Waals surface area contributed by atoms with Crippen LogP contribution in [-0.2, 0) is 0 Å². The lowest BCUT2D eigenvalue weighted by Gasteiger charge is -2.58. The first-order valence-electron chi connectivity index (χ1n) is 12.3. The van der Waals surface area contributed by atoms with E-state index in [0.29, 0.717) is 10.8 Å². The second-order valence-electron chi connectivity index (χ2n) is 12.0. The van der Waals surface area contributed by atoms with E-state index in [9.17, 15) is 5.11 Å². The molecule has 0 aliphatic heterocycles. The summed E-state index contributed by atoms with van der Waals surface area (Å²) in [7, 11) is 0. The molecule has 3 fully saturated rings. The van der Waals surface area contributed by atoms with Gasteiger partial charge in [-0.05, 0) is 112 Å².